The monoisotopic (exact) mass is 1680 g/mol. The zero-order valence-electron chi connectivity index (χ0n) is 67.3. The third-order valence-corrected chi connectivity index (χ3v) is 20.0. The largest absolute Gasteiger partial charge is 0.493 e. The molecule has 0 saturated carbocycles. The fourth-order valence-corrected chi connectivity index (χ4v) is 13.6. The Balaban J connectivity index is 1.68. The summed E-state index contributed by atoms with van der Waals surface area (Å²) in [6.07, 6.45) is -3.99. The molecule has 4 aromatic rings. The summed E-state index contributed by atoms with van der Waals surface area (Å²) in [5.41, 5.74) is 33.2. The third-order valence-electron chi connectivity index (χ3n) is 18.9. The lowest BCUT2D eigenvalue weighted by atomic mass is 9.91. The van der Waals surface area contributed by atoms with Crippen molar-refractivity contribution in [3.05, 3.63) is 89.6 Å². The van der Waals surface area contributed by atoms with Gasteiger partial charge in [0.25, 0.3) is 0 Å². The van der Waals surface area contributed by atoms with Gasteiger partial charge in [-0.2, -0.15) is 11.8 Å². The van der Waals surface area contributed by atoms with Crippen molar-refractivity contribution in [1.82, 2.24) is 74.1 Å². The minimum Gasteiger partial charge on any atom is -0.493 e. The minimum absolute atomic E-state index is 0.109. The molecule has 1 fully saturated rings. The minimum atomic E-state index is -2.04. The number of ether oxygens (including phenoxy) is 3. The van der Waals surface area contributed by atoms with E-state index in [2.05, 4.69) is 74.1 Å². The number of aliphatic hydroxyl groups excluding tert-OH is 1. The maximum atomic E-state index is 15.7. The predicted molar refractivity (Wildman–Crippen MR) is 433 cm³/mol. The standard InChI is InChI=1S/C77H112N20O21S/c1-41(98)65-75(114)93-56(36-46-38-85-49-14-8-7-13-48(46)49)72(111)89-51(21-24-61(80)101)68(107)94-58(40-119-32-26-53(87-43(3)100)69(108)88-52(70(109)96-65)22-25-62(81)102)73(112)90-54(33-44-16-19-47(20-17-44)118-31-29-79)71(110)91-55(34-45-18-23-59(116-5)60(35-45)117-6)74(113)97-77(4,27-10-11-28-78)76(115)95-50(15-9-12-30-84-42(2)99)67(106)92-57(37-63(82)103)66(105)86-39-64(83)104/h7-8,13-14,16-20,23,35,38,41,50-58,65,85,98H,9-12,15,21-22,24-34,36-37,39-40,78-79H2,1-6H3,(H2,80,101)(H2,81,102)(H2,82,103)(H2,83,104)(H,84,99)(H,86,105)(H,87,100)(H,88,108)(H,89,111)(H,90,112)(H,91,110)(H,92,106)(H,93,114)(H,94,107)(H,95,115)(H,96,109)(H,97,113)/t41-,50+,51+,52+,53+,54+,55+,56+,57+,58+,65+,77+/m1/s1. The molecule has 0 spiro atoms. The molecular weight excluding hydrogens is 1570 g/mol. The first-order valence-electron chi connectivity index (χ1n) is 38.6. The molecule has 17 amide bonds. The Morgan fingerprint density at radius 3 is 1.82 bits per heavy atom. The fourth-order valence-electron chi connectivity index (χ4n) is 12.5. The Labute approximate surface area is 690 Å². The molecule has 0 unspecified atom stereocenters. The van der Waals surface area contributed by atoms with Crippen LogP contribution in [-0.2, 0) is 101 Å². The van der Waals surface area contributed by atoms with Crippen LogP contribution in [0.25, 0.3) is 10.9 Å². The van der Waals surface area contributed by atoms with Crippen LogP contribution in [0.3, 0.4) is 0 Å². The molecule has 1 aliphatic rings. The topological polar surface area (TPSA) is 666 Å². The highest BCUT2D eigenvalue weighted by Crippen LogP contribution is 2.29. The Kier molecular flexibility index (Phi) is 40.2. The third kappa shape index (κ3) is 33.0. The first kappa shape index (κ1) is 97.4. The number of nitrogens with one attached hydrogen (secondary N) is 14. The number of aliphatic hydroxyl groups is 1. The number of amides is 17. The van der Waals surface area contributed by atoms with Crippen LogP contribution in [0.5, 0.6) is 17.2 Å². The molecule has 0 bridgehead atoms. The molecule has 5 rings (SSSR count). The summed E-state index contributed by atoms with van der Waals surface area (Å²) in [5.74, 6) is -16.5. The van der Waals surface area contributed by atoms with Crippen molar-refractivity contribution in [3.8, 4) is 17.2 Å². The Morgan fingerprint density at radius 2 is 1.21 bits per heavy atom. The summed E-state index contributed by atoms with van der Waals surface area (Å²) in [7, 11) is 2.72. The molecule has 652 valence electrons. The number of unbranched alkanes of at least 4 members (excludes halogenated alkanes) is 2. The number of hydrogen-bond acceptors (Lipinski definition) is 24. The van der Waals surface area contributed by atoms with Crippen molar-refractivity contribution < 1.29 is 101 Å². The van der Waals surface area contributed by atoms with E-state index < -0.39 is 224 Å². The first-order valence-corrected chi connectivity index (χ1v) is 39.8. The van der Waals surface area contributed by atoms with Crippen LogP contribution in [0.4, 0.5) is 0 Å². The van der Waals surface area contributed by atoms with Gasteiger partial charge in [0.1, 0.15) is 78.3 Å². The summed E-state index contributed by atoms with van der Waals surface area (Å²) in [5, 5.41) is 45.0. The van der Waals surface area contributed by atoms with Crippen molar-refractivity contribution in [1.29, 1.82) is 0 Å². The number of hydrogen-bond donors (Lipinski definition) is 21. The summed E-state index contributed by atoms with van der Waals surface area (Å²) >= 11 is 0.914. The van der Waals surface area contributed by atoms with Gasteiger partial charge < -0.3 is 128 Å². The smallest absolute Gasteiger partial charge is 0.246 e. The number of benzene rings is 3. The van der Waals surface area contributed by atoms with Crippen molar-refractivity contribution in [2.24, 2.45) is 34.4 Å². The number of aromatic nitrogens is 1. The van der Waals surface area contributed by atoms with Gasteiger partial charge in [0.15, 0.2) is 11.5 Å². The van der Waals surface area contributed by atoms with E-state index in [0.717, 1.165) is 25.6 Å². The zero-order valence-corrected chi connectivity index (χ0v) is 68.1. The SMILES string of the molecule is COc1ccc(C[C@H](NC(=O)[C@H](Cc2ccc(OCCN)cc2)NC(=O)[C@@H]2CSCC[C@H](NC(C)=O)C(=O)N[C@@H](CCC(N)=O)C(=O)N[C@@H]([C@@H](C)O)C(=O)N[C@@H](Cc3c[nH]c4ccccc34)C(=O)N[C@@H](CCC(N)=O)C(=O)N2)C(=O)N[C@@](C)(CCCCN)C(=O)N[C@@H](CCCCNC(C)=O)C(=O)N[C@@H](CC(N)=O)C(=O)NCC(N)=O)cc1OC. The summed E-state index contributed by atoms with van der Waals surface area (Å²) in [4.78, 5) is 240. The molecule has 3 aromatic carbocycles. The van der Waals surface area contributed by atoms with Gasteiger partial charge in [-0.15, -0.1) is 0 Å². The van der Waals surface area contributed by atoms with Crippen LogP contribution >= 0.6 is 11.8 Å². The summed E-state index contributed by atoms with van der Waals surface area (Å²) < 4.78 is 16.8. The van der Waals surface area contributed by atoms with E-state index in [1.807, 2.05) is 0 Å². The molecule has 41 nitrogen and oxygen atoms in total. The summed E-state index contributed by atoms with van der Waals surface area (Å²) in [6.45, 7) is 4.67. The normalized spacial score (nSPS) is 18.6. The van der Waals surface area contributed by atoms with E-state index in [4.69, 9.17) is 48.6 Å². The molecule has 1 saturated heterocycles. The van der Waals surface area contributed by atoms with E-state index in [0.29, 0.717) is 33.3 Å². The van der Waals surface area contributed by atoms with Gasteiger partial charge in [0, 0.05) is 81.9 Å². The number of primary amides is 4. The highest BCUT2D eigenvalue weighted by molar-refractivity contribution is 7.99. The number of para-hydroxylation sites is 1. The van der Waals surface area contributed by atoms with Gasteiger partial charge in [0.05, 0.1) is 33.3 Å². The van der Waals surface area contributed by atoms with E-state index in [-0.39, 0.29) is 101 Å². The number of carbonyl (C=O) groups is 17. The molecule has 2 heterocycles. The van der Waals surface area contributed by atoms with E-state index in [9.17, 15) is 57.8 Å². The van der Waals surface area contributed by atoms with E-state index >= 15 is 28.8 Å². The van der Waals surface area contributed by atoms with Crippen molar-refractivity contribution in [2.45, 2.75) is 196 Å². The maximum Gasteiger partial charge on any atom is 0.246 e. The van der Waals surface area contributed by atoms with Gasteiger partial charge in [-0.05, 0) is 131 Å². The molecule has 27 N–H and O–H groups in total. The number of H-pyrrole nitrogens is 1. The van der Waals surface area contributed by atoms with Crippen molar-refractivity contribution in [2.75, 3.05) is 58.5 Å². The number of fused-ring (bicyclic) bond motifs is 1. The molecule has 0 radical (unpaired) electrons. The maximum absolute atomic E-state index is 15.7. The lowest BCUT2D eigenvalue weighted by Gasteiger charge is -2.34. The number of aromatic amines is 1. The van der Waals surface area contributed by atoms with Crippen LogP contribution in [0.1, 0.15) is 121 Å². The number of carbonyl (C=O) groups excluding carboxylic acids is 17. The molecule has 12 atom stereocenters. The number of methoxy groups -OCH3 is 2. The lowest BCUT2D eigenvalue weighted by molar-refractivity contribution is -0.138. The van der Waals surface area contributed by atoms with Crippen molar-refractivity contribution >= 4 is 123 Å². The molecule has 1 aromatic heterocycles. The zero-order chi connectivity index (χ0) is 88.1. The van der Waals surface area contributed by atoms with Crippen LogP contribution in [0.15, 0.2) is 72.9 Å². The van der Waals surface area contributed by atoms with Gasteiger partial charge in [-0.3, -0.25) is 81.5 Å². The Hall–Kier alpha value is -12.2. The fraction of sp³-hybridized carbons (Fsp3) is 0.519. The summed E-state index contributed by atoms with van der Waals surface area (Å²) in [6, 6.07) is 0.601. The quantitative estimate of drug-likeness (QED) is 0.0184. The number of thioether (sulfide) groups is 1. The van der Waals surface area contributed by atoms with E-state index in [1.165, 1.54) is 40.2 Å². The van der Waals surface area contributed by atoms with Gasteiger partial charge in [-0.1, -0.05) is 36.4 Å². The van der Waals surface area contributed by atoms with Crippen molar-refractivity contribution in [3.63, 3.8) is 0 Å². The highest BCUT2D eigenvalue weighted by atomic mass is 32.2. The second-order valence-corrected chi connectivity index (χ2v) is 29.8. The van der Waals surface area contributed by atoms with E-state index in [1.54, 1.807) is 60.8 Å². The van der Waals surface area contributed by atoms with Gasteiger partial charge in [-0.25, -0.2) is 0 Å². The number of nitrogens with two attached hydrogens (primary N) is 6. The number of rotatable bonds is 43. The Bertz CT molecular complexity index is 4230. The van der Waals surface area contributed by atoms with Crippen LogP contribution in [-0.4, -0.2) is 241 Å². The molecule has 1 aliphatic heterocycles. The van der Waals surface area contributed by atoms with Crippen LogP contribution in [0, 0.1) is 0 Å². The average Bonchev–Trinajstić information content (AvgIpc) is 1.62. The molecule has 42 heteroatoms. The molecular formula is C77H112N20O21S. The predicted octanol–water partition coefficient (Wildman–Crippen LogP) is -5.75. The van der Waals surface area contributed by atoms with Gasteiger partial charge >= 0.3 is 0 Å². The second-order valence-electron chi connectivity index (χ2n) is 28.7. The van der Waals surface area contributed by atoms with Gasteiger partial charge in [0.2, 0.25) is 100 Å². The second kappa shape index (κ2) is 49.1. The van der Waals surface area contributed by atoms with Crippen LogP contribution < -0.4 is 118 Å². The average molecular weight is 1690 g/mol. The van der Waals surface area contributed by atoms with Crippen LogP contribution in [0.2, 0.25) is 0 Å². The Morgan fingerprint density at radius 1 is 0.605 bits per heavy atom. The highest BCUT2D eigenvalue weighted by Gasteiger charge is 2.42. The lowest BCUT2D eigenvalue weighted by Crippen LogP contribution is -2.64. The first-order chi connectivity index (χ1) is 56.5. The molecule has 0 aliphatic carbocycles. The molecule has 119 heavy (non-hydrogen) atoms.